The van der Waals surface area contributed by atoms with Gasteiger partial charge in [-0.15, -0.1) is 0 Å². The molecule has 0 aromatic heterocycles. The molecule has 1 unspecified atom stereocenters. The molecule has 0 N–H and O–H groups in total. The first-order valence-electron chi connectivity index (χ1n) is 13.0. The Balaban J connectivity index is 0.000000280. The fourth-order valence-electron chi connectivity index (χ4n) is 5.86. The van der Waals surface area contributed by atoms with Crippen LogP contribution in [0.4, 0.5) is 0 Å². The van der Waals surface area contributed by atoms with Gasteiger partial charge in [0.15, 0.2) is 0 Å². The Morgan fingerprint density at radius 2 is 0.694 bits per heavy atom. The Labute approximate surface area is 222 Å². The molecule has 0 aliphatic carbocycles. The molecule has 36 heavy (non-hydrogen) atoms. The van der Waals surface area contributed by atoms with E-state index in [0.717, 1.165) is 0 Å². The van der Waals surface area contributed by atoms with Crippen molar-refractivity contribution < 1.29 is 0 Å². The van der Waals surface area contributed by atoms with Gasteiger partial charge in [0.25, 0.3) is 0 Å². The molecule has 0 amide bonds. The molecule has 4 rings (SSSR count). The number of allylic oxidation sites excluding steroid dienone is 1. The molecule has 186 valence electrons. The van der Waals surface area contributed by atoms with Crippen LogP contribution in [0.3, 0.4) is 0 Å². The smallest absolute Gasteiger partial charge is 0.108 e. The van der Waals surface area contributed by atoms with E-state index in [1.54, 1.807) is 5.57 Å². The first-order chi connectivity index (χ1) is 17.1. The Morgan fingerprint density at radius 1 is 0.472 bits per heavy atom. The van der Waals surface area contributed by atoms with Gasteiger partial charge in [-0.3, -0.25) is 0 Å². The summed E-state index contributed by atoms with van der Waals surface area (Å²) in [7, 11) is 1.94. The van der Waals surface area contributed by atoms with E-state index in [4.69, 9.17) is 0 Å². The summed E-state index contributed by atoms with van der Waals surface area (Å²) in [4.78, 5) is 0. The first-order valence-corrected chi connectivity index (χ1v) is 13.8. The maximum atomic E-state index is 2.28. The fraction of sp³-hybridized carbons (Fsp3) is 0.235. The molecule has 0 aliphatic heterocycles. The Bertz CT molecular complexity index is 1040. The maximum absolute atomic E-state index is 2.28. The minimum absolute atomic E-state index is 0.319. The van der Waals surface area contributed by atoms with Gasteiger partial charge >= 0.3 is 0 Å². The lowest BCUT2D eigenvalue weighted by Gasteiger charge is -2.44. The molecule has 0 fully saturated rings. The largest absolute Gasteiger partial charge is 0.195 e. The third-order valence-corrected chi connectivity index (χ3v) is 7.43. The molecular formula is C34H42BP. The summed E-state index contributed by atoms with van der Waals surface area (Å²) in [6.07, 6.45) is -1.22. The van der Waals surface area contributed by atoms with E-state index in [2.05, 4.69) is 169 Å². The highest BCUT2D eigenvalue weighted by Crippen LogP contribution is 2.39. The molecule has 0 bridgehead atoms. The predicted molar refractivity (Wildman–Crippen MR) is 168 cm³/mol. The summed E-state index contributed by atoms with van der Waals surface area (Å²) >= 11 is 0. The molecule has 0 saturated carbocycles. The third-order valence-electron chi connectivity index (χ3n) is 7.02. The first kappa shape index (κ1) is 27.7. The van der Waals surface area contributed by atoms with Crippen molar-refractivity contribution in [3.63, 3.8) is 0 Å². The zero-order valence-corrected chi connectivity index (χ0v) is 24.3. The summed E-state index contributed by atoms with van der Waals surface area (Å²) in [6, 6.07) is 43.5. The number of hydrogen-bond acceptors (Lipinski definition) is 0. The van der Waals surface area contributed by atoms with E-state index < -0.39 is 6.15 Å². The minimum atomic E-state index is -1.22. The second-order valence-corrected chi connectivity index (χ2v) is 12.0. The summed E-state index contributed by atoms with van der Waals surface area (Å²) in [5.41, 5.74) is 7.54. The number of hydrogen-bond donors (Lipinski definition) is 0. The highest BCUT2D eigenvalue weighted by atomic mass is 31.0. The average molecular weight is 492 g/mol. The molecule has 4 aromatic carbocycles. The van der Waals surface area contributed by atoms with Crippen LogP contribution in [-0.2, 0) is 0 Å². The van der Waals surface area contributed by atoms with Crippen molar-refractivity contribution in [3.8, 4) is 0 Å². The highest BCUT2D eigenvalue weighted by molar-refractivity contribution is 7.20. The van der Waals surface area contributed by atoms with Crippen LogP contribution in [0.1, 0.15) is 41.5 Å². The van der Waals surface area contributed by atoms with E-state index >= 15 is 0 Å². The van der Waals surface area contributed by atoms with Crippen molar-refractivity contribution in [2.24, 2.45) is 10.8 Å². The molecule has 0 nitrogen and oxygen atoms in total. The molecule has 0 spiro atoms. The van der Waals surface area contributed by atoms with E-state index in [-0.39, 0.29) is 0 Å². The normalized spacial score (nSPS) is 11.8. The van der Waals surface area contributed by atoms with Gasteiger partial charge in [0.05, 0.1) is 5.82 Å². The van der Waals surface area contributed by atoms with Gasteiger partial charge < -0.3 is 0 Å². The Morgan fingerprint density at radius 3 is 0.833 bits per heavy atom. The van der Waals surface area contributed by atoms with E-state index in [1.807, 2.05) is 9.24 Å². The lowest BCUT2D eigenvalue weighted by Crippen LogP contribution is -2.74. The van der Waals surface area contributed by atoms with Crippen LogP contribution in [-0.4, -0.2) is 6.15 Å². The molecule has 0 aliphatic rings. The Kier molecular flexibility index (Phi) is 9.16. The maximum Gasteiger partial charge on any atom is 0.108 e. The minimum Gasteiger partial charge on any atom is -0.195 e. The van der Waals surface area contributed by atoms with Gasteiger partial charge in [-0.2, -0.15) is 21.9 Å². The molecule has 0 saturated heterocycles. The summed E-state index contributed by atoms with van der Waals surface area (Å²) in [6.45, 7) is 13.7. The van der Waals surface area contributed by atoms with Gasteiger partial charge in [-0.1, -0.05) is 163 Å². The zero-order chi connectivity index (χ0) is 26.2. The van der Waals surface area contributed by atoms with Crippen LogP contribution in [0, 0.1) is 10.8 Å². The highest BCUT2D eigenvalue weighted by Gasteiger charge is 2.31. The van der Waals surface area contributed by atoms with Crippen molar-refractivity contribution in [2.45, 2.75) is 41.5 Å². The van der Waals surface area contributed by atoms with E-state index in [9.17, 15) is 0 Å². The number of benzene rings is 4. The van der Waals surface area contributed by atoms with Crippen LogP contribution in [0.25, 0.3) is 0 Å². The Hall–Kier alpha value is -2.89. The van der Waals surface area contributed by atoms with Crippen LogP contribution < -0.4 is 21.9 Å². The van der Waals surface area contributed by atoms with E-state index in [0.29, 0.717) is 10.8 Å². The van der Waals surface area contributed by atoms with Gasteiger partial charge in [0.1, 0.15) is 6.15 Å². The lowest BCUT2D eigenvalue weighted by atomic mass is 9.13. The van der Waals surface area contributed by atoms with Crippen LogP contribution in [0.5, 0.6) is 0 Å². The van der Waals surface area contributed by atoms with Gasteiger partial charge in [0, 0.05) is 0 Å². The monoisotopic (exact) mass is 492 g/mol. The average Bonchev–Trinajstić information content (AvgIpc) is 2.86. The van der Waals surface area contributed by atoms with Crippen molar-refractivity contribution >= 4 is 37.2 Å². The lowest BCUT2D eigenvalue weighted by molar-refractivity contribution is 0.364. The number of rotatable bonds is 4. The second kappa shape index (κ2) is 11.9. The molecule has 2 heteroatoms. The second-order valence-electron chi connectivity index (χ2n) is 11.6. The molecule has 1 atom stereocenters. The zero-order valence-electron chi connectivity index (χ0n) is 22.9. The molecular weight excluding hydrogens is 450 g/mol. The molecule has 0 heterocycles. The summed E-state index contributed by atoms with van der Waals surface area (Å²) in [5.74, 6) is 2.28. The molecule has 4 aromatic rings. The van der Waals surface area contributed by atoms with Crippen LogP contribution in [0.15, 0.2) is 133 Å². The van der Waals surface area contributed by atoms with Crippen molar-refractivity contribution in [1.82, 2.24) is 0 Å². The van der Waals surface area contributed by atoms with Crippen molar-refractivity contribution in [2.75, 3.05) is 0 Å². The van der Waals surface area contributed by atoms with Crippen LogP contribution in [0.2, 0.25) is 0 Å². The topological polar surface area (TPSA) is 0 Å². The standard InChI is InChI=1S/C24H20B.C10H21P/c1-5-13-21(14-6-1)25(22-15-7-2-8-16-22,23-17-9-3-10-18-23)24-19-11-4-12-20-24;1-9(2,3)8(7-11)10(4,5)6/h1-20H;7H,11H2,1-6H3/q-1;/p+1. The van der Waals surface area contributed by atoms with Crippen LogP contribution >= 0.6 is 9.24 Å². The predicted octanol–water partition coefficient (Wildman–Crippen LogP) is 6.63. The third kappa shape index (κ3) is 6.26. The summed E-state index contributed by atoms with van der Waals surface area (Å²) < 4.78 is 0. The quantitative estimate of drug-likeness (QED) is 0.222. The van der Waals surface area contributed by atoms with Crippen molar-refractivity contribution in [3.05, 3.63) is 133 Å². The SMILES string of the molecule is CC(C)(C)C(=C[PH3+])C(C)(C)C.c1ccc([B-](c2ccccc2)(c2ccccc2)c2ccccc2)cc1. The van der Waals surface area contributed by atoms with E-state index in [1.165, 1.54) is 21.9 Å². The summed E-state index contributed by atoms with van der Waals surface area (Å²) in [5, 5.41) is 0. The van der Waals surface area contributed by atoms with Gasteiger partial charge in [-0.05, 0) is 25.6 Å². The fourth-order valence-corrected chi connectivity index (χ4v) is 7.08. The van der Waals surface area contributed by atoms with Gasteiger partial charge in [0.2, 0.25) is 0 Å². The van der Waals surface area contributed by atoms with Gasteiger partial charge in [-0.25, -0.2) is 0 Å². The molecule has 0 radical (unpaired) electrons. The van der Waals surface area contributed by atoms with Crippen molar-refractivity contribution in [1.29, 1.82) is 0 Å².